The molecule has 1 heterocycles. The molecule has 1 fully saturated rings. The number of carbonyl (C=O) groups excluding carboxylic acids is 1. The molecule has 1 aromatic carbocycles. The Hall–Kier alpha value is -1.32. The fourth-order valence-electron chi connectivity index (χ4n) is 1.79. The predicted octanol–water partition coefficient (Wildman–Crippen LogP) is 1.95. The van der Waals surface area contributed by atoms with E-state index in [2.05, 4.69) is 0 Å². The number of likely N-dealkylation sites (tertiary alicyclic amines) is 1. The van der Waals surface area contributed by atoms with Crippen molar-refractivity contribution in [2.45, 2.75) is 12.5 Å². The standard InChI is InChI=1S/C13H14ClNO2/c14-11-4-1-10(2-5-11)3-6-13(17)15-8-7-12(16)9-15/h1-6,12,16H,7-9H2/b6-3+/t12-/m0/s1. The third-order valence-corrected chi connectivity index (χ3v) is 3.02. The van der Waals surface area contributed by atoms with Crippen molar-refractivity contribution in [1.82, 2.24) is 4.90 Å². The quantitative estimate of drug-likeness (QED) is 0.817. The van der Waals surface area contributed by atoms with Gasteiger partial charge in [-0.15, -0.1) is 0 Å². The zero-order chi connectivity index (χ0) is 12.3. The highest BCUT2D eigenvalue weighted by molar-refractivity contribution is 6.30. The van der Waals surface area contributed by atoms with E-state index in [0.29, 0.717) is 24.5 Å². The molecular formula is C13H14ClNO2. The minimum atomic E-state index is -0.372. The fraction of sp³-hybridized carbons (Fsp3) is 0.308. The lowest BCUT2D eigenvalue weighted by atomic mass is 10.2. The molecule has 1 atom stereocenters. The van der Waals surface area contributed by atoms with Crippen LogP contribution in [0.4, 0.5) is 0 Å². The van der Waals surface area contributed by atoms with Crippen molar-refractivity contribution >= 4 is 23.6 Å². The summed E-state index contributed by atoms with van der Waals surface area (Å²) in [6.07, 6.45) is 3.58. The van der Waals surface area contributed by atoms with Crippen LogP contribution in [0, 0.1) is 0 Å². The maximum atomic E-state index is 11.7. The van der Waals surface area contributed by atoms with Crippen LogP contribution < -0.4 is 0 Å². The van der Waals surface area contributed by atoms with Crippen LogP contribution in [0.1, 0.15) is 12.0 Å². The molecule has 0 spiro atoms. The number of hydrogen-bond acceptors (Lipinski definition) is 2. The van der Waals surface area contributed by atoms with E-state index in [1.54, 1.807) is 23.1 Å². The van der Waals surface area contributed by atoms with E-state index in [9.17, 15) is 9.90 Å². The molecule has 1 saturated heterocycles. The molecule has 3 nitrogen and oxygen atoms in total. The second kappa shape index (κ2) is 5.34. The number of hydrogen-bond donors (Lipinski definition) is 1. The largest absolute Gasteiger partial charge is 0.391 e. The van der Waals surface area contributed by atoms with Gasteiger partial charge in [-0.25, -0.2) is 0 Å². The van der Waals surface area contributed by atoms with Gasteiger partial charge in [-0.2, -0.15) is 0 Å². The Bertz CT molecular complexity index is 428. The zero-order valence-electron chi connectivity index (χ0n) is 9.34. The molecule has 17 heavy (non-hydrogen) atoms. The molecule has 1 N–H and O–H groups in total. The third-order valence-electron chi connectivity index (χ3n) is 2.76. The van der Waals surface area contributed by atoms with Crippen LogP contribution in [0.15, 0.2) is 30.3 Å². The highest BCUT2D eigenvalue weighted by Crippen LogP contribution is 2.12. The summed E-state index contributed by atoms with van der Waals surface area (Å²) in [6, 6.07) is 7.27. The average molecular weight is 252 g/mol. The molecule has 1 aromatic rings. The summed E-state index contributed by atoms with van der Waals surface area (Å²) in [7, 11) is 0. The van der Waals surface area contributed by atoms with E-state index >= 15 is 0 Å². The van der Waals surface area contributed by atoms with E-state index in [1.807, 2.05) is 12.1 Å². The van der Waals surface area contributed by atoms with Gasteiger partial charge in [0.05, 0.1) is 6.10 Å². The number of nitrogens with zero attached hydrogens (tertiary/aromatic N) is 1. The molecule has 1 amide bonds. The van der Waals surface area contributed by atoms with Crippen LogP contribution in [0.25, 0.3) is 6.08 Å². The van der Waals surface area contributed by atoms with Gasteiger partial charge in [-0.1, -0.05) is 23.7 Å². The predicted molar refractivity (Wildman–Crippen MR) is 67.7 cm³/mol. The normalized spacial score (nSPS) is 20.1. The Kier molecular flexibility index (Phi) is 3.82. The van der Waals surface area contributed by atoms with E-state index in [1.165, 1.54) is 6.08 Å². The molecule has 0 radical (unpaired) electrons. The maximum Gasteiger partial charge on any atom is 0.246 e. The summed E-state index contributed by atoms with van der Waals surface area (Å²) in [6.45, 7) is 1.06. The minimum Gasteiger partial charge on any atom is -0.391 e. The summed E-state index contributed by atoms with van der Waals surface area (Å²) >= 11 is 5.77. The van der Waals surface area contributed by atoms with Gasteiger partial charge in [0.1, 0.15) is 0 Å². The van der Waals surface area contributed by atoms with Crippen molar-refractivity contribution in [2.75, 3.05) is 13.1 Å². The van der Waals surface area contributed by atoms with E-state index < -0.39 is 0 Å². The first kappa shape index (κ1) is 12.1. The maximum absolute atomic E-state index is 11.7. The second-order valence-electron chi connectivity index (χ2n) is 4.11. The van der Waals surface area contributed by atoms with Gasteiger partial charge in [-0.05, 0) is 30.2 Å². The lowest BCUT2D eigenvalue weighted by Crippen LogP contribution is -2.27. The van der Waals surface area contributed by atoms with E-state index in [0.717, 1.165) is 5.56 Å². The molecule has 0 saturated carbocycles. The minimum absolute atomic E-state index is 0.0588. The Balaban J connectivity index is 1.96. The first-order chi connectivity index (χ1) is 8.15. The van der Waals surface area contributed by atoms with Crippen LogP contribution >= 0.6 is 11.6 Å². The summed E-state index contributed by atoms with van der Waals surface area (Å²) in [5, 5.41) is 10.0. The van der Waals surface area contributed by atoms with Crippen molar-refractivity contribution in [3.8, 4) is 0 Å². The smallest absolute Gasteiger partial charge is 0.246 e. The monoisotopic (exact) mass is 251 g/mol. The number of amides is 1. The molecule has 0 unspecified atom stereocenters. The van der Waals surface area contributed by atoms with Crippen molar-refractivity contribution < 1.29 is 9.90 Å². The van der Waals surface area contributed by atoms with Crippen molar-refractivity contribution in [3.05, 3.63) is 40.9 Å². The number of β-amino-alcohol motifs (C(OH)–C–C–N with tert-alkyl or cyclic N) is 1. The Labute approximate surface area is 105 Å². The van der Waals surface area contributed by atoms with Gasteiger partial charge in [0.25, 0.3) is 0 Å². The molecule has 1 aliphatic rings. The molecule has 2 rings (SSSR count). The average Bonchev–Trinajstić information content (AvgIpc) is 2.75. The Morgan fingerprint density at radius 3 is 2.71 bits per heavy atom. The molecule has 0 aliphatic carbocycles. The SMILES string of the molecule is O=C(/C=C/c1ccc(Cl)cc1)N1CC[C@H](O)C1. The van der Waals surface area contributed by atoms with Crippen LogP contribution in [-0.2, 0) is 4.79 Å². The molecular weight excluding hydrogens is 238 g/mol. The van der Waals surface area contributed by atoms with E-state index in [4.69, 9.17) is 11.6 Å². The van der Waals surface area contributed by atoms with Gasteiger partial charge in [0, 0.05) is 24.2 Å². The number of aliphatic hydroxyl groups excluding tert-OH is 1. The number of carbonyl (C=O) groups is 1. The number of rotatable bonds is 2. The van der Waals surface area contributed by atoms with Gasteiger partial charge in [0.2, 0.25) is 5.91 Å². The third kappa shape index (κ3) is 3.32. The molecule has 4 heteroatoms. The summed E-state index contributed by atoms with van der Waals surface area (Å²) < 4.78 is 0. The van der Waals surface area contributed by atoms with Crippen LogP contribution in [0.3, 0.4) is 0 Å². The number of halogens is 1. The zero-order valence-corrected chi connectivity index (χ0v) is 10.1. The lowest BCUT2D eigenvalue weighted by Gasteiger charge is -2.12. The van der Waals surface area contributed by atoms with Crippen molar-refractivity contribution in [3.63, 3.8) is 0 Å². The van der Waals surface area contributed by atoms with E-state index in [-0.39, 0.29) is 12.0 Å². The van der Waals surface area contributed by atoms with Gasteiger partial charge < -0.3 is 10.0 Å². The van der Waals surface area contributed by atoms with Crippen molar-refractivity contribution in [1.29, 1.82) is 0 Å². The highest BCUT2D eigenvalue weighted by atomic mass is 35.5. The summed E-state index contributed by atoms with van der Waals surface area (Å²) in [5.41, 5.74) is 0.933. The summed E-state index contributed by atoms with van der Waals surface area (Å²) in [4.78, 5) is 13.4. The molecule has 90 valence electrons. The first-order valence-corrected chi connectivity index (χ1v) is 5.93. The first-order valence-electron chi connectivity index (χ1n) is 5.56. The van der Waals surface area contributed by atoms with Gasteiger partial charge in [-0.3, -0.25) is 4.79 Å². The Morgan fingerprint density at radius 1 is 1.41 bits per heavy atom. The molecule has 0 bridgehead atoms. The van der Waals surface area contributed by atoms with Crippen molar-refractivity contribution in [2.24, 2.45) is 0 Å². The lowest BCUT2D eigenvalue weighted by molar-refractivity contribution is -0.125. The Morgan fingerprint density at radius 2 is 2.12 bits per heavy atom. The second-order valence-corrected chi connectivity index (χ2v) is 4.55. The topological polar surface area (TPSA) is 40.5 Å². The summed E-state index contributed by atoms with van der Waals surface area (Å²) in [5.74, 6) is -0.0588. The van der Waals surface area contributed by atoms with Crippen LogP contribution in [0.2, 0.25) is 5.02 Å². The molecule has 0 aromatic heterocycles. The number of aliphatic hydroxyl groups is 1. The highest BCUT2D eigenvalue weighted by Gasteiger charge is 2.22. The van der Waals surface area contributed by atoms with Gasteiger partial charge in [0.15, 0.2) is 0 Å². The van der Waals surface area contributed by atoms with Crippen LogP contribution in [-0.4, -0.2) is 35.1 Å². The fourth-order valence-corrected chi connectivity index (χ4v) is 1.91. The van der Waals surface area contributed by atoms with Gasteiger partial charge >= 0.3 is 0 Å². The molecule has 1 aliphatic heterocycles. The number of benzene rings is 1. The van der Waals surface area contributed by atoms with Crippen LogP contribution in [0.5, 0.6) is 0 Å².